The minimum atomic E-state index is -1.18. The van der Waals surface area contributed by atoms with Crippen molar-refractivity contribution in [3.63, 3.8) is 0 Å². The molecule has 1 aliphatic heterocycles. The first kappa shape index (κ1) is 7.85. The molecule has 0 bridgehead atoms. The first-order valence-corrected chi connectivity index (χ1v) is 3.35. The Bertz CT molecular complexity index is 426. The molecule has 5 heteroatoms. The normalized spacial score (nSPS) is 14.3. The largest absolute Gasteiger partial charge is 0.419 e. The number of rotatable bonds is 0. The molecule has 3 nitrogen and oxygen atoms in total. The van der Waals surface area contributed by atoms with Crippen LogP contribution in [0.2, 0.25) is 0 Å². The highest BCUT2D eigenvalue weighted by molar-refractivity contribution is 6.44. The van der Waals surface area contributed by atoms with Gasteiger partial charge in [0.25, 0.3) is 5.78 Å². The van der Waals surface area contributed by atoms with Gasteiger partial charge in [0.05, 0.1) is 0 Å². The molecule has 1 heterocycles. The number of hydrogen-bond acceptors (Lipinski definition) is 3. The van der Waals surface area contributed by atoms with Crippen molar-refractivity contribution < 1.29 is 23.1 Å². The molecule has 0 fully saturated rings. The van der Waals surface area contributed by atoms with E-state index in [-0.39, 0.29) is 5.75 Å². The lowest BCUT2D eigenvalue weighted by atomic mass is 10.1. The second-order valence-corrected chi connectivity index (χ2v) is 2.48. The average Bonchev–Trinajstić information content (AvgIpc) is 2.27. The Kier molecular flexibility index (Phi) is 1.42. The number of hydrogen-bond donors (Lipinski definition) is 0. The van der Waals surface area contributed by atoms with Crippen molar-refractivity contribution in [3.8, 4) is 5.75 Å². The quantitative estimate of drug-likeness (QED) is 0.344. The van der Waals surface area contributed by atoms with Crippen LogP contribution in [0.3, 0.4) is 0 Å². The molecular formula is C8H2F2O3. The summed E-state index contributed by atoms with van der Waals surface area (Å²) in [6.07, 6.45) is 0. The molecule has 0 atom stereocenters. The molecule has 66 valence electrons. The summed E-state index contributed by atoms with van der Waals surface area (Å²) in [6, 6.07) is 1.32. The Morgan fingerprint density at radius 3 is 2.54 bits per heavy atom. The van der Waals surface area contributed by atoms with Gasteiger partial charge in [-0.05, 0) is 0 Å². The van der Waals surface area contributed by atoms with E-state index in [2.05, 4.69) is 4.74 Å². The maximum Gasteiger partial charge on any atom is 0.385 e. The molecule has 0 amide bonds. The van der Waals surface area contributed by atoms with Crippen LogP contribution in [0, 0.1) is 11.6 Å². The molecule has 0 saturated carbocycles. The van der Waals surface area contributed by atoms with Gasteiger partial charge in [0.2, 0.25) is 0 Å². The number of Topliss-reactive ketones (excluding diaryl/α,β-unsaturated/α-hetero) is 1. The first-order valence-electron chi connectivity index (χ1n) is 3.35. The number of halogens is 2. The van der Waals surface area contributed by atoms with Crippen LogP contribution in [-0.4, -0.2) is 11.8 Å². The third-order valence-electron chi connectivity index (χ3n) is 1.63. The van der Waals surface area contributed by atoms with Crippen LogP contribution in [-0.2, 0) is 4.79 Å². The molecule has 1 aliphatic rings. The van der Waals surface area contributed by atoms with Gasteiger partial charge in [-0.1, -0.05) is 0 Å². The summed E-state index contributed by atoms with van der Waals surface area (Å²) in [4.78, 5) is 21.5. The van der Waals surface area contributed by atoms with Crippen molar-refractivity contribution in [2.24, 2.45) is 0 Å². The minimum absolute atomic E-state index is 0.354. The summed E-state index contributed by atoms with van der Waals surface area (Å²) < 4.78 is 29.7. The smallest absolute Gasteiger partial charge is 0.385 e. The van der Waals surface area contributed by atoms with Crippen LogP contribution in [0.4, 0.5) is 8.78 Å². The SMILES string of the molecule is O=C1Oc2cc(F)cc(F)c2C1=O. The zero-order valence-electron chi connectivity index (χ0n) is 6.14. The standard InChI is InChI=1S/C8H2F2O3/c9-3-1-4(10)6-5(2-3)13-8(12)7(6)11/h1-2H. The summed E-state index contributed by atoms with van der Waals surface area (Å²) >= 11 is 0. The van der Waals surface area contributed by atoms with Crippen LogP contribution in [0.25, 0.3) is 0 Å². The zero-order chi connectivity index (χ0) is 9.59. The molecular weight excluding hydrogens is 182 g/mol. The first-order chi connectivity index (χ1) is 6.09. The maximum atomic E-state index is 12.9. The van der Waals surface area contributed by atoms with Gasteiger partial charge in [0, 0.05) is 12.1 Å². The third kappa shape index (κ3) is 1.00. The van der Waals surface area contributed by atoms with Gasteiger partial charge in [0.1, 0.15) is 22.9 Å². The topological polar surface area (TPSA) is 43.4 Å². The fourth-order valence-electron chi connectivity index (χ4n) is 1.10. The molecule has 0 radical (unpaired) electrons. The van der Waals surface area contributed by atoms with Gasteiger partial charge in [-0.15, -0.1) is 0 Å². The molecule has 1 aromatic rings. The van der Waals surface area contributed by atoms with Gasteiger partial charge in [0.15, 0.2) is 0 Å². The lowest BCUT2D eigenvalue weighted by molar-refractivity contribution is -0.128. The van der Waals surface area contributed by atoms with Crippen molar-refractivity contribution in [1.82, 2.24) is 0 Å². The number of ether oxygens (including phenoxy) is 1. The van der Waals surface area contributed by atoms with Crippen LogP contribution in [0.5, 0.6) is 5.75 Å². The fraction of sp³-hybridized carbons (Fsp3) is 0. The van der Waals surface area contributed by atoms with Crippen LogP contribution in [0.1, 0.15) is 10.4 Å². The Morgan fingerprint density at radius 2 is 1.85 bits per heavy atom. The van der Waals surface area contributed by atoms with E-state index in [0.717, 1.165) is 6.07 Å². The Hall–Kier alpha value is -1.78. The second-order valence-electron chi connectivity index (χ2n) is 2.48. The molecule has 13 heavy (non-hydrogen) atoms. The van der Waals surface area contributed by atoms with Crippen molar-refractivity contribution in [2.75, 3.05) is 0 Å². The number of ketones is 1. The Labute approximate surface area is 70.9 Å². The Balaban J connectivity index is 2.71. The van der Waals surface area contributed by atoms with Crippen molar-refractivity contribution in [1.29, 1.82) is 0 Å². The number of fused-ring (bicyclic) bond motifs is 1. The number of benzene rings is 1. The van der Waals surface area contributed by atoms with Gasteiger partial charge in [-0.3, -0.25) is 4.79 Å². The highest BCUT2D eigenvalue weighted by Gasteiger charge is 2.34. The van der Waals surface area contributed by atoms with E-state index in [4.69, 9.17) is 0 Å². The van der Waals surface area contributed by atoms with E-state index in [1.165, 1.54) is 0 Å². The minimum Gasteiger partial charge on any atom is -0.419 e. The van der Waals surface area contributed by atoms with E-state index in [1.54, 1.807) is 0 Å². The monoisotopic (exact) mass is 184 g/mol. The highest BCUT2D eigenvalue weighted by Crippen LogP contribution is 2.29. The average molecular weight is 184 g/mol. The van der Waals surface area contributed by atoms with Crippen molar-refractivity contribution in [2.45, 2.75) is 0 Å². The van der Waals surface area contributed by atoms with E-state index in [0.29, 0.717) is 6.07 Å². The molecule has 0 saturated heterocycles. The number of carbonyl (C=O) groups excluding carboxylic acids is 2. The number of carbonyl (C=O) groups is 2. The predicted octanol–water partition coefficient (Wildman–Crippen LogP) is 1.07. The molecule has 0 aromatic heterocycles. The predicted molar refractivity (Wildman–Crippen MR) is 36.3 cm³/mol. The van der Waals surface area contributed by atoms with E-state index < -0.39 is 29.0 Å². The zero-order valence-corrected chi connectivity index (χ0v) is 6.14. The summed E-state index contributed by atoms with van der Waals surface area (Å²) in [6.45, 7) is 0. The number of esters is 1. The van der Waals surface area contributed by atoms with Gasteiger partial charge < -0.3 is 4.74 Å². The Morgan fingerprint density at radius 1 is 1.15 bits per heavy atom. The third-order valence-corrected chi connectivity index (χ3v) is 1.63. The van der Waals surface area contributed by atoms with E-state index >= 15 is 0 Å². The lowest BCUT2D eigenvalue weighted by Crippen LogP contribution is -2.11. The molecule has 0 unspecified atom stereocenters. The van der Waals surface area contributed by atoms with Crippen LogP contribution in [0.15, 0.2) is 12.1 Å². The van der Waals surface area contributed by atoms with Crippen LogP contribution < -0.4 is 4.74 Å². The van der Waals surface area contributed by atoms with Crippen LogP contribution >= 0.6 is 0 Å². The molecule has 0 N–H and O–H groups in total. The molecule has 1 aromatic carbocycles. The second kappa shape index (κ2) is 2.35. The van der Waals surface area contributed by atoms with E-state index in [9.17, 15) is 18.4 Å². The summed E-state index contributed by atoms with van der Waals surface area (Å²) in [5.41, 5.74) is -0.494. The van der Waals surface area contributed by atoms with Crippen molar-refractivity contribution in [3.05, 3.63) is 29.3 Å². The highest BCUT2D eigenvalue weighted by atomic mass is 19.1. The summed E-state index contributed by atoms with van der Waals surface area (Å²) in [5.74, 6) is -4.58. The molecule has 2 rings (SSSR count). The van der Waals surface area contributed by atoms with Gasteiger partial charge >= 0.3 is 5.97 Å². The van der Waals surface area contributed by atoms with Crippen molar-refractivity contribution >= 4 is 11.8 Å². The molecule has 0 aliphatic carbocycles. The van der Waals surface area contributed by atoms with Gasteiger partial charge in [-0.25, -0.2) is 13.6 Å². The summed E-state index contributed by atoms with van der Waals surface area (Å²) in [5, 5.41) is 0. The van der Waals surface area contributed by atoms with Gasteiger partial charge in [-0.2, -0.15) is 0 Å². The maximum absolute atomic E-state index is 12.9. The fourth-order valence-corrected chi connectivity index (χ4v) is 1.10. The van der Waals surface area contributed by atoms with E-state index in [1.807, 2.05) is 0 Å². The summed E-state index contributed by atoms with van der Waals surface area (Å²) in [7, 11) is 0. The lowest BCUT2D eigenvalue weighted by Gasteiger charge is -1.95. The molecule has 0 spiro atoms.